The van der Waals surface area contributed by atoms with Crippen LogP contribution in [0.5, 0.6) is 5.75 Å². The molecule has 4 N–H and O–H groups in total. The van der Waals surface area contributed by atoms with E-state index < -0.39 is 4.92 Å². The number of anilines is 5. The van der Waals surface area contributed by atoms with Crippen LogP contribution in [0.1, 0.15) is 11.1 Å². The highest BCUT2D eigenvalue weighted by Crippen LogP contribution is 2.26. The SMILES string of the molecule is Cc1ccccc1Nc1nc(N/N=C/c2c(O)ccc3ccccc23)nc(Nc2ccc([N+](=O)[O-])cc2)n1. The van der Waals surface area contributed by atoms with Gasteiger partial charge in [-0.05, 0) is 47.5 Å². The molecule has 0 aliphatic heterocycles. The molecule has 1 aromatic heterocycles. The Labute approximate surface area is 217 Å². The van der Waals surface area contributed by atoms with E-state index in [9.17, 15) is 15.2 Å². The molecule has 5 aromatic rings. The summed E-state index contributed by atoms with van der Waals surface area (Å²) in [6, 6.07) is 24.7. The van der Waals surface area contributed by atoms with Crippen LogP contribution in [-0.2, 0) is 0 Å². The maximum Gasteiger partial charge on any atom is 0.269 e. The average molecular weight is 507 g/mol. The van der Waals surface area contributed by atoms with Crippen molar-refractivity contribution in [2.75, 3.05) is 16.1 Å². The monoisotopic (exact) mass is 506 g/mol. The predicted molar refractivity (Wildman–Crippen MR) is 147 cm³/mol. The minimum Gasteiger partial charge on any atom is -0.507 e. The van der Waals surface area contributed by atoms with Crippen molar-refractivity contribution in [2.45, 2.75) is 6.92 Å². The molecule has 0 amide bonds. The van der Waals surface area contributed by atoms with Gasteiger partial charge in [0.25, 0.3) is 5.69 Å². The van der Waals surface area contributed by atoms with Gasteiger partial charge in [0, 0.05) is 29.1 Å². The second-order valence-electron chi connectivity index (χ2n) is 8.26. The molecule has 0 bridgehead atoms. The molecule has 4 aromatic carbocycles. The number of benzene rings is 4. The second kappa shape index (κ2) is 10.6. The number of phenolic OH excluding ortho intramolecular Hbond substituents is 1. The molecule has 0 aliphatic rings. The number of non-ortho nitro benzene ring substituents is 1. The van der Waals surface area contributed by atoms with E-state index in [0.717, 1.165) is 22.0 Å². The van der Waals surface area contributed by atoms with Gasteiger partial charge in [-0.2, -0.15) is 20.1 Å². The van der Waals surface area contributed by atoms with E-state index in [2.05, 4.69) is 36.1 Å². The van der Waals surface area contributed by atoms with Crippen molar-refractivity contribution in [1.29, 1.82) is 0 Å². The van der Waals surface area contributed by atoms with E-state index >= 15 is 0 Å². The summed E-state index contributed by atoms with van der Waals surface area (Å²) in [5.74, 6) is 0.670. The summed E-state index contributed by atoms with van der Waals surface area (Å²) in [6.45, 7) is 1.96. The van der Waals surface area contributed by atoms with Crippen LogP contribution in [0.3, 0.4) is 0 Å². The van der Waals surface area contributed by atoms with Gasteiger partial charge in [-0.25, -0.2) is 5.43 Å². The highest BCUT2D eigenvalue weighted by Gasteiger charge is 2.10. The molecule has 0 saturated carbocycles. The molecule has 1 heterocycles. The topological polar surface area (TPSA) is 150 Å². The number of hydrogen-bond donors (Lipinski definition) is 4. The number of nitrogens with zero attached hydrogens (tertiary/aromatic N) is 5. The zero-order valence-corrected chi connectivity index (χ0v) is 20.2. The van der Waals surface area contributed by atoms with Crippen molar-refractivity contribution in [3.8, 4) is 5.75 Å². The summed E-state index contributed by atoms with van der Waals surface area (Å²) < 4.78 is 0. The zero-order valence-electron chi connectivity index (χ0n) is 20.2. The maximum absolute atomic E-state index is 11.0. The number of phenols is 1. The number of aromatic hydroxyl groups is 1. The van der Waals surface area contributed by atoms with Crippen LogP contribution in [0.15, 0.2) is 90.0 Å². The van der Waals surface area contributed by atoms with Crippen LogP contribution >= 0.6 is 0 Å². The van der Waals surface area contributed by atoms with E-state index in [-0.39, 0.29) is 29.3 Å². The first-order chi connectivity index (χ1) is 18.5. The first kappa shape index (κ1) is 24.1. The molecular formula is C27H22N8O3. The Morgan fingerprint density at radius 1 is 0.842 bits per heavy atom. The fourth-order valence-electron chi connectivity index (χ4n) is 3.74. The van der Waals surface area contributed by atoms with Crippen LogP contribution in [0.25, 0.3) is 10.8 Å². The third-order valence-electron chi connectivity index (χ3n) is 5.67. The third-order valence-corrected chi connectivity index (χ3v) is 5.67. The van der Waals surface area contributed by atoms with Crippen molar-refractivity contribution < 1.29 is 10.0 Å². The fraction of sp³-hybridized carbons (Fsp3) is 0.0370. The number of aryl methyl sites for hydroxylation is 1. The Morgan fingerprint density at radius 2 is 1.53 bits per heavy atom. The molecule has 11 heteroatoms. The number of fused-ring (bicyclic) bond motifs is 1. The van der Waals surface area contributed by atoms with Gasteiger partial charge in [0.2, 0.25) is 17.8 Å². The van der Waals surface area contributed by atoms with E-state index in [1.807, 2.05) is 61.5 Å². The average Bonchev–Trinajstić information content (AvgIpc) is 2.91. The van der Waals surface area contributed by atoms with Crippen molar-refractivity contribution in [3.63, 3.8) is 0 Å². The lowest BCUT2D eigenvalue weighted by Gasteiger charge is -2.11. The molecule has 0 fully saturated rings. The summed E-state index contributed by atoms with van der Waals surface area (Å²) in [5.41, 5.74) is 5.69. The third kappa shape index (κ3) is 5.46. The second-order valence-corrected chi connectivity index (χ2v) is 8.26. The van der Waals surface area contributed by atoms with Gasteiger partial charge in [-0.3, -0.25) is 10.1 Å². The molecule has 5 rings (SSSR count). The summed E-state index contributed by atoms with van der Waals surface area (Å²) in [6.07, 6.45) is 1.50. The van der Waals surface area contributed by atoms with Crippen molar-refractivity contribution in [3.05, 3.63) is 106 Å². The Hall–Kier alpha value is -5.58. The predicted octanol–water partition coefficient (Wildman–Crippen LogP) is 5.88. The van der Waals surface area contributed by atoms with Crippen LogP contribution in [0, 0.1) is 17.0 Å². The van der Waals surface area contributed by atoms with Crippen LogP contribution in [0.4, 0.5) is 34.9 Å². The summed E-state index contributed by atoms with van der Waals surface area (Å²) >= 11 is 0. The number of hydrogen-bond acceptors (Lipinski definition) is 10. The Bertz CT molecular complexity index is 1650. The molecule has 38 heavy (non-hydrogen) atoms. The number of nitrogens with one attached hydrogen (secondary N) is 3. The van der Waals surface area contributed by atoms with Gasteiger partial charge in [0.15, 0.2) is 0 Å². The van der Waals surface area contributed by atoms with Gasteiger partial charge >= 0.3 is 0 Å². The van der Waals surface area contributed by atoms with Gasteiger partial charge in [-0.15, -0.1) is 0 Å². The number of aromatic nitrogens is 3. The van der Waals surface area contributed by atoms with E-state index in [0.29, 0.717) is 11.3 Å². The summed E-state index contributed by atoms with van der Waals surface area (Å²) in [5, 5.41) is 33.6. The first-order valence-corrected chi connectivity index (χ1v) is 11.6. The van der Waals surface area contributed by atoms with Crippen LogP contribution in [0.2, 0.25) is 0 Å². The van der Waals surface area contributed by atoms with E-state index in [1.54, 1.807) is 18.2 Å². The molecule has 0 atom stereocenters. The van der Waals surface area contributed by atoms with E-state index in [1.165, 1.54) is 18.3 Å². The van der Waals surface area contributed by atoms with Gasteiger partial charge < -0.3 is 15.7 Å². The molecular weight excluding hydrogens is 484 g/mol. The largest absolute Gasteiger partial charge is 0.507 e. The molecule has 188 valence electrons. The molecule has 11 nitrogen and oxygen atoms in total. The van der Waals surface area contributed by atoms with Crippen LogP contribution < -0.4 is 16.1 Å². The lowest BCUT2D eigenvalue weighted by molar-refractivity contribution is -0.384. The Morgan fingerprint density at radius 3 is 2.29 bits per heavy atom. The lowest BCUT2D eigenvalue weighted by Crippen LogP contribution is -2.07. The standard InChI is InChI=1S/C27H22N8O3/c1-17-6-2-5-9-23(17)30-26-31-25(29-19-11-13-20(14-12-19)35(37)38)32-27(33-26)34-28-16-22-21-8-4-3-7-18(21)10-15-24(22)36/h2-16,36H,1H3,(H3,29,30,31,32,33,34)/b28-16+. The molecule has 0 spiro atoms. The number of nitro groups is 1. The molecule has 0 unspecified atom stereocenters. The normalized spacial score (nSPS) is 11.0. The fourth-order valence-corrected chi connectivity index (χ4v) is 3.74. The minimum absolute atomic E-state index is 0.0264. The Balaban J connectivity index is 1.44. The quantitative estimate of drug-likeness (QED) is 0.115. The van der Waals surface area contributed by atoms with Crippen LogP contribution in [-0.4, -0.2) is 31.2 Å². The van der Waals surface area contributed by atoms with Crippen molar-refractivity contribution in [1.82, 2.24) is 15.0 Å². The molecule has 0 radical (unpaired) electrons. The zero-order chi connectivity index (χ0) is 26.5. The van der Waals surface area contributed by atoms with Gasteiger partial charge in [0.1, 0.15) is 5.75 Å². The smallest absolute Gasteiger partial charge is 0.269 e. The number of hydrazone groups is 1. The maximum atomic E-state index is 11.0. The van der Waals surface area contributed by atoms with Gasteiger partial charge in [-0.1, -0.05) is 48.5 Å². The number of para-hydroxylation sites is 1. The number of rotatable bonds is 8. The van der Waals surface area contributed by atoms with Gasteiger partial charge in [0.05, 0.1) is 11.1 Å². The first-order valence-electron chi connectivity index (χ1n) is 11.6. The summed E-state index contributed by atoms with van der Waals surface area (Å²) in [7, 11) is 0. The molecule has 0 saturated heterocycles. The molecule has 0 aliphatic carbocycles. The van der Waals surface area contributed by atoms with Crippen molar-refractivity contribution in [2.24, 2.45) is 5.10 Å². The highest BCUT2D eigenvalue weighted by atomic mass is 16.6. The van der Waals surface area contributed by atoms with Crippen molar-refractivity contribution >= 4 is 51.9 Å². The van der Waals surface area contributed by atoms with E-state index in [4.69, 9.17) is 0 Å². The highest BCUT2D eigenvalue weighted by molar-refractivity contribution is 6.02. The summed E-state index contributed by atoms with van der Waals surface area (Å²) in [4.78, 5) is 23.7. The minimum atomic E-state index is -0.468. The lowest BCUT2D eigenvalue weighted by atomic mass is 10.0. The number of nitro benzene ring substituents is 1. The Kier molecular flexibility index (Phi) is 6.72.